The standard InChI is InChI=1S/C26H31N3O3/c1-17(2)16-29-25(32)21-9-5-4-8-20(21)22(26(29)14-6-3-7-15-26)24(31)28-19-12-10-18(11-13-19)23(27)30/h4-5,8-13,17,22H,3,6-7,14-16H2,1-2H3,(H2,27,30)(H,28,31)/t22-/m1/s1. The zero-order chi connectivity index (χ0) is 22.9. The van der Waals surface area contributed by atoms with Gasteiger partial charge in [-0.25, -0.2) is 0 Å². The van der Waals surface area contributed by atoms with Crippen LogP contribution in [0.2, 0.25) is 0 Å². The highest BCUT2D eigenvalue weighted by Gasteiger charge is 2.54. The number of carbonyl (C=O) groups excluding carboxylic acids is 3. The number of nitrogens with zero attached hydrogens (tertiary/aromatic N) is 1. The molecule has 168 valence electrons. The second kappa shape index (κ2) is 8.77. The predicted octanol–water partition coefficient (Wildman–Crippen LogP) is 4.32. The van der Waals surface area contributed by atoms with Crippen LogP contribution in [0.4, 0.5) is 5.69 Å². The molecule has 3 N–H and O–H groups in total. The van der Waals surface area contributed by atoms with Crippen LogP contribution in [-0.2, 0) is 4.79 Å². The minimum Gasteiger partial charge on any atom is -0.366 e. The number of nitrogens with two attached hydrogens (primary N) is 1. The molecule has 0 bridgehead atoms. The second-order valence-electron chi connectivity index (χ2n) is 9.42. The SMILES string of the molecule is CC(C)CN1C(=O)c2ccccc2[C@H](C(=O)Nc2ccc(C(N)=O)cc2)C12CCCCC2. The first-order valence-corrected chi connectivity index (χ1v) is 11.4. The molecule has 1 heterocycles. The van der Waals surface area contributed by atoms with Gasteiger partial charge in [0.05, 0.1) is 11.5 Å². The Hall–Kier alpha value is -3.15. The monoisotopic (exact) mass is 433 g/mol. The first-order valence-electron chi connectivity index (χ1n) is 11.4. The second-order valence-corrected chi connectivity index (χ2v) is 9.42. The van der Waals surface area contributed by atoms with Crippen LogP contribution in [0.3, 0.4) is 0 Å². The van der Waals surface area contributed by atoms with E-state index < -0.39 is 17.4 Å². The van der Waals surface area contributed by atoms with E-state index in [0.717, 1.165) is 37.7 Å². The number of carbonyl (C=O) groups is 3. The van der Waals surface area contributed by atoms with E-state index in [0.29, 0.717) is 29.3 Å². The minimum atomic E-state index is -0.523. The normalized spacial score (nSPS) is 19.7. The topological polar surface area (TPSA) is 92.5 Å². The highest BCUT2D eigenvalue weighted by Crippen LogP contribution is 2.49. The first kappa shape index (κ1) is 22.1. The minimum absolute atomic E-state index is 0.0334. The van der Waals surface area contributed by atoms with Crippen molar-refractivity contribution in [3.05, 3.63) is 65.2 Å². The van der Waals surface area contributed by atoms with Crippen LogP contribution < -0.4 is 11.1 Å². The molecule has 0 unspecified atom stereocenters. The largest absolute Gasteiger partial charge is 0.366 e. The average Bonchev–Trinajstić information content (AvgIpc) is 2.78. The molecule has 1 saturated carbocycles. The quantitative estimate of drug-likeness (QED) is 0.735. The third kappa shape index (κ3) is 3.90. The summed E-state index contributed by atoms with van der Waals surface area (Å²) in [6.45, 7) is 4.85. The van der Waals surface area contributed by atoms with Gasteiger partial charge in [0.1, 0.15) is 0 Å². The number of hydrogen-bond donors (Lipinski definition) is 2. The average molecular weight is 434 g/mol. The zero-order valence-electron chi connectivity index (χ0n) is 18.8. The van der Waals surface area contributed by atoms with Crippen molar-refractivity contribution in [3.63, 3.8) is 0 Å². The fourth-order valence-corrected chi connectivity index (χ4v) is 5.41. The van der Waals surface area contributed by atoms with Gasteiger partial charge in [-0.05, 0) is 54.7 Å². The number of hydrogen-bond acceptors (Lipinski definition) is 3. The van der Waals surface area contributed by atoms with Gasteiger partial charge in [-0.2, -0.15) is 0 Å². The number of fused-ring (bicyclic) bond motifs is 1. The molecule has 1 aliphatic carbocycles. The maximum Gasteiger partial charge on any atom is 0.254 e. The van der Waals surface area contributed by atoms with Crippen molar-refractivity contribution < 1.29 is 14.4 Å². The summed E-state index contributed by atoms with van der Waals surface area (Å²) < 4.78 is 0. The number of amides is 3. The van der Waals surface area contributed by atoms with Crippen LogP contribution in [0.15, 0.2) is 48.5 Å². The summed E-state index contributed by atoms with van der Waals surface area (Å²) >= 11 is 0. The zero-order valence-corrected chi connectivity index (χ0v) is 18.8. The lowest BCUT2D eigenvalue weighted by molar-refractivity contribution is -0.122. The number of benzene rings is 2. The third-order valence-electron chi connectivity index (χ3n) is 6.79. The van der Waals surface area contributed by atoms with Gasteiger partial charge in [0, 0.05) is 23.4 Å². The molecule has 6 nitrogen and oxygen atoms in total. The summed E-state index contributed by atoms with van der Waals surface area (Å²) in [6.07, 6.45) is 4.76. The Labute approximate surface area is 189 Å². The molecule has 32 heavy (non-hydrogen) atoms. The molecule has 2 aliphatic rings. The number of nitrogens with one attached hydrogen (secondary N) is 1. The Bertz CT molecular complexity index is 1020. The molecular formula is C26H31N3O3. The van der Waals surface area contributed by atoms with Crippen LogP contribution >= 0.6 is 0 Å². The van der Waals surface area contributed by atoms with Gasteiger partial charge < -0.3 is 16.0 Å². The summed E-state index contributed by atoms with van der Waals surface area (Å²) in [5.41, 5.74) is 7.24. The van der Waals surface area contributed by atoms with Gasteiger partial charge in [-0.1, -0.05) is 51.3 Å². The number of anilines is 1. The fourth-order valence-electron chi connectivity index (χ4n) is 5.41. The molecule has 3 amide bonds. The maximum absolute atomic E-state index is 13.8. The van der Waals surface area contributed by atoms with Crippen LogP contribution in [0.5, 0.6) is 0 Å². The molecule has 1 spiro atoms. The van der Waals surface area contributed by atoms with Crippen molar-refractivity contribution in [2.75, 3.05) is 11.9 Å². The van der Waals surface area contributed by atoms with Gasteiger partial charge in [-0.15, -0.1) is 0 Å². The summed E-state index contributed by atoms with van der Waals surface area (Å²) in [5.74, 6) is -0.745. The molecule has 0 radical (unpaired) electrons. The van der Waals surface area contributed by atoms with Crippen molar-refractivity contribution in [1.29, 1.82) is 0 Å². The summed E-state index contributed by atoms with van der Waals surface area (Å²) in [5, 5.41) is 3.05. The third-order valence-corrected chi connectivity index (χ3v) is 6.79. The van der Waals surface area contributed by atoms with E-state index in [1.165, 1.54) is 0 Å². The van der Waals surface area contributed by atoms with Gasteiger partial charge in [0.2, 0.25) is 11.8 Å². The Morgan fingerprint density at radius 1 is 1.06 bits per heavy atom. The highest BCUT2D eigenvalue weighted by atomic mass is 16.2. The van der Waals surface area contributed by atoms with E-state index in [2.05, 4.69) is 19.2 Å². The van der Waals surface area contributed by atoms with E-state index in [1.54, 1.807) is 24.3 Å². The van der Waals surface area contributed by atoms with Crippen molar-refractivity contribution in [2.45, 2.75) is 57.4 Å². The molecule has 0 aromatic heterocycles. The van der Waals surface area contributed by atoms with E-state index in [4.69, 9.17) is 5.73 Å². The molecule has 2 aromatic rings. The molecule has 2 aromatic carbocycles. The lowest BCUT2D eigenvalue weighted by Crippen LogP contribution is -2.62. The van der Waals surface area contributed by atoms with Crippen LogP contribution in [0, 0.1) is 5.92 Å². The molecule has 6 heteroatoms. The Balaban J connectivity index is 1.77. The van der Waals surface area contributed by atoms with Gasteiger partial charge >= 0.3 is 0 Å². The Morgan fingerprint density at radius 3 is 2.34 bits per heavy atom. The predicted molar refractivity (Wildman–Crippen MR) is 124 cm³/mol. The van der Waals surface area contributed by atoms with Crippen molar-refractivity contribution in [2.24, 2.45) is 11.7 Å². The highest BCUT2D eigenvalue weighted by molar-refractivity contribution is 6.05. The molecule has 0 saturated heterocycles. The van der Waals surface area contributed by atoms with Crippen molar-refractivity contribution in [3.8, 4) is 0 Å². The molecule has 4 rings (SSSR count). The Kier molecular flexibility index (Phi) is 6.04. The van der Waals surface area contributed by atoms with Gasteiger partial charge in [0.25, 0.3) is 5.91 Å². The smallest absolute Gasteiger partial charge is 0.254 e. The lowest BCUT2D eigenvalue weighted by atomic mass is 9.65. The summed E-state index contributed by atoms with van der Waals surface area (Å²) in [4.78, 5) is 40.8. The van der Waals surface area contributed by atoms with E-state index >= 15 is 0 Å². The lowest BCUT2D eigenvalue weighted by Gasteiger charge is -2.54. The summed E-state index contributed by atoms with van der Waals surface area (Å²) in [7, 11) is 0. The number of rotatable bonds is 5. The number of primary amides is 1. The van der Waals surface area contributed by atoms with Crippen molar-refractivity contribution in [1.82, 2.24) is 4.90 Å². The molecule has 1 atom stereocenters. The van der Waals surface area contributed by atoms with Crippen LogP contribution in [0.1, 0.15) is 78.1 Å². The van der Waals surface area contributed by atoms with E-state index in [1.807, 2.05) is 29.2 Å². The van der Waals surface area contributed by atoms with E-state index in [-0.39, 0.29) is 11.8 Å². The van der Waals surface area contributed by atoms with Crippen LogP contribution in [-0.4, -0.2) is 34.7 Å². The maximum atomic E-state index is 13.8. The van der Waals surface area contributed by atoms with Gasteiger partial charge in [-0.3, -0.25) is 14.4 Å². The first-order chi connectivity index (χ1) is 15.3. The van der Waals surface area contributed by atoms with Crippen molar-refractivity contribution >= 4 is 23.4 Å². The molecular weight excluding hydrogens is 402 g/mol. The fraction of sp³-hybridized carbons (Fsp3) is 0.423. The summed E-state index contributed by atoms with van der Waals surface area (Å²) in [6, 6.07) is 14.1. The van der Waals surface area contributed by atoms with Crippen LogP contribution in [0.25, 0.3) is 0 Å². The molecule has 1 fully saturated rings. The Morgan fingerprint density at radius 2 is 1.72 bits per heavy atom. The molecule has 1 aliphatic heterocycles. The van der Waals surface area contributed by atoms with E-state index in [9.17, 15) is 14.4 Å². The van der Waals surface area contributed by atoms with Gasteiger partial charge in [0.15, 0.2) is 0 Å².